The number of carbonyl (C=O) groups excluding carboxylic acids is 1. The number of fused-ring (bicyclic) bond motifs is 1. The molecule has 0 fully saturated rings. The third-order valence-electron chi connectivity index (χ3n) is 2.50. The lowest BCUT2D eigenvalue weighted by molar-refractivity contribution is 0.0858. The van der Waals surface area contributed by atoms with Crippen LogP contribution >= 0.6 is 0 Å². The summed E-state index contributed by atoms with van der Waals surface area (Å²) in [6.07, 6.45) is 1.51. The third-order valence-corrected chi connectivity index (χ3v) is 2.50. The Morgan fingerprint density at radius 1 is 1.28 bits per heavy atom. The van der Waals surface area contributed by atoms with Crippen LogP contribution in [0.4, 0.5) is 5.82 Å². The first-order chi connectivity index (χ1) is 8.63. The van der Waals surface area contributed by atoms with Crippen LogP contribution in [0.1, 0.15) is 10.4 Å². The number of hydrazine groups is 2. The van der Waals surface area contributed by atoms with Crippen molar-refractivity contribution in [3.63, 3.8) is 0 Å². The highest BCUT2D eigenvalue weighted by atomic mass is 16.2. The van der Waals surface area contributed by atoms with Gasteiger partial charge in [-0.2, -0.15) is 0 Å². The van der Waals surface area contributed by atoms with Gasteiger partial charge in [-0.15, -0.1) is 0 Å². The molecule has 0 aliphatic heterocycles. The molecule has 0 saturated carbocycles. The van der Waals surface area contributed by atoms with Crippen LogP contribution in [-0.4, -0.2) is 30.0 Å². The first-order valence-electron chi connectivity index (χ1n) is 5.46. The average Bonchev–Trinajstić information content (AvgIpc) is 2.36. The van der Waals surface area contributed by atoms with E-state index < -0.39 is 0 Å². The Morgan fingerprint density at radius 3 is 2.56 bits per heavy atom. The molecule has 94 valence electrons. The molecule has 2 aromatic rings. The lowest BCUT2D eigenvalue weighted by Crippen LogP contribution is -2.36. The number of nitrogen functional groups attached to an aromatic ring is 1. The van der Waals surface area contributed by atoms with E-state index in [9.17, 15) is 4.79 Å². The fourth-order valence-corrected chi connectivity index (χ4v) is 1.75. The minimum Gasteiger partial charge on any atom is -0.308 e. The molecule has 0 aliphatic rings. The molecule has 1 aromatic carbocycles. The molecule has 1 heterocycles. The third kappa shape index (κ3) is 2.24. The van der Waals surface area contributed by atoms with Crippen LogP contribution < -0.4 is 16.7 Å². The zero-order valence-electron chi connectivity index (χ0n) is 10.3. The van der Waals surface area contributed by atoms with Crippen molar-refractivity contribution in [2.75, 3.05) is 19.5 Å². The molecule has 1 amide bonds. The zero-order valence-corrected chi connectivity index (χ0v) is 10.3. The molecule has 4 N–H and O–H groups in total. The topological polar surface area (TPSA) is 83.3 Å². The second-order valence-electron chi connectivity index (χ2n) is 4.05. The van der Waals surface area contributed by atoms with Crippen LogP contribution in [0.2, 0.25) is 0 Å². The fraction of sp³-hybridized carbons (Fsp3) is 0.167. The maximum absolute atomic E-state index is 12.0. The molecule has 0 aliphatic carbocycles. The van der Waals surface area contributed by atoms with Crippen molar-refractivity contribution < 1.29 is 4.79 Å². The summed E-state index contributed by atoms with van der Waals surface area (Å²) in [6.45, 7) is 0. The van der Waals surface area contributed by atoms with E-state index in [1.54, 1.807) is 19.1 Å². The number of nitrogens with one attached hydrogen (secondary N) is 2. The Labute approximate surface area is 105 Å². The second kappa shape index (κ2) is 4.99. The highest BCUT2D eigenvalue weighted by Gasteiger charge is 2.13. The predicted octanol–water partition coefficient (Wildman–Crippen LogP) is 0.727. The van der Waals surface area contributed by atoms with Gasteiger partial charge in [-0.3, -0.25) is 10.2 Å². The summed E-state index contributed by atoms with van der Waals surface area (Å²) in [5, 5.41) is 3.21. The van der Waals surface area contributed by atoms with Crippen LogP contribution in [0.5, 0.6) is 0 Å². The Bertz CT molecular complexity index is 582. The summed E-state index contributed by atoms with van der Waals surface area (Å²) in [5.74, 6) is 5.75. The van der Waals surface area contributed by atoms with Gasteiger partial charge in [0.25, 0.3) is 5.91 Å². The van der Waals surface area contributed by atoms with Gasteiger partial charge in [-0.05, 0) is 5.39 Å². The molecule has 2 rings (SSSR count). The van der Waals surface area contributed by atoms with Crippen molar-refractivity contribution in [3.8, 4) is 0 Å². The Morgan fingerprint density at radius 2 is 1.94 bits per heavy atom. The summed E-state index contributed by atoms with van der Waals surface area (Å²) in [4.78, 5) is 16.2. The van der Waals surface area contributed by atoms with Crippen LogP contribution in [0.25, 0.3) is 10.8 Å². The van der Waals surface area contributed by atoms with Crippen molar-refractivity contribution in [2.24, 2.45) is 5.84 Å². The standard InChI is InChI=1S/C12H15N5O/c1-17(2)16-12(18)10-7-14-11(15-13)9-6-4-3-5-8(9)10/h3-7H,13H2,1-2H3,(H,14,15)(H,16,18). The maximum atomic E-state index is 12.0. The number of hydrogen-bond donors (Lipinski definition) is 3. The van der Waals surface area contributed by atoms with Gasteiger partial charge in [0.2, 0.25) is 0 Å². The van der Waals surface area contributed by atoms with Crippen LogP contribution in [0, 0.1) is 0 Å². The number of pyridine rings is 1. The van der Waals surface area contributed by atoms with Gasteiger partial charge in [0, 0.05) is 25.7 Å². The van der Waals surface area contributed by atoms with Gasteiger partial charge in [0.15, 0.2) is 0 Å². The minimum atomic E-state index is -0.202. The highest BCUT2D eigenvalue weighted by Crippen LogP contribution is 2.23. The molecule has 0 unspecified atom stereocenters. The molecule has 0 saturated heterocycles. The molecule has 6 heteroatoms. The molecule has 6 nitrogen and oxygen atoms in total. The van der Waals surface area contributed by atoms with E-state index in [1.165, 1.54) is 6.20 Å². The van der Waals surface area contributed by atoms with Gasteiger partial charge >= 0.3 is 0 Å². The van der Waals surface area contributed by atoms with Gasteiger partial charge in [-0.25, -0.2) is 15.8 Å². The van der Waals surface area contributed by atoms with E-state index in [2.05, 4.69) is 15.8 Å². The number of nitrogens with two attached hydrogens (primary N) is 1. The van der Waals surface area contributed by atoms with Crippen LogP contribution in [0.15, 0.2) is 30.5 Å². The van der Waals surface area contributed by atoms with Crippen molar-refractivity contribution in [3.05, 3.63) is 36.0 Å². The average molecular weight is 245 g/mol. The first kappa shape index (κ1) is 12.3. The SMILES string of the molecule is CN(C)NC(=O)c1cnc(NN)c2ccccc12. The molecule has 0 atom stereocenters. The highest BCUT2D eigenvalue weighted by molar-refractivity contribution is 6.09. The predicted molar refractivity (Wildman–Crippen MR) is 70.7 cm³/mol. The molecule has 0 bridgehead atoms. The Balaban J connectivity index is 2.56. The van der Waals surface area contributed by atoms with E-state index in [4.69, 9.17) is 5.84 Å². The summed E-state index contributed by atoms with van der Waals surface area (Å²) >= 11 is 0. The number of aromatic nitrogens is 1. The zero-order chi connectivity index (χ0) is 13.1. The number of hydrogen-bond acceptors (Lipinski definition) is 5. The van der Waals surface area contributed by atoms with Gasteiger partial charge in [-0.1, -0.05) is 24.3 Å². The molecule has 1 aromatic heterocycles. The van der Waals surface area contributed by atoms with Crippen molar-refractivity contribution in [2.45, 2.75) is 0 Å². The van der Waals surface area contributed by atoms with E-state index in [-0.39, 0.29) is 5.91 Å². The second-order valence-corrected chi connectivity index (χ2v) is 4.05. The lowest BCUT2D eigenvalue weighted by Gasteiger charge is -2.14. The summed E-state index contributed by atoms with van der Waals surface area (Å²) in [5.41, 5.74) is 5.73. The van der Waals surface area contributed by atoms with E-state index in [0.717, 1.165) is 10.8 Å². The number of anilines is 1. The number of benzene rings is 1. The monoisotopic (exact) mass is 245 g/mol. The van der Waals surface area contributed by atoms with Gasteiger partial charge < -0.3 is 5.43 Å². The summed E-state index contributed by atoms with van der Waals surface area (Å²) in [6, 6.07) is 7.47. The lowest BCUT2D eigenvalue weighted by atomic mass is 10.1. The van der Waals surface area contributed by atoms with Crippen molar-refractivity contribution in [1.29, 1.82) is 0 Å². The van der Waals surface area contributed by atoms with Crippen molar-refractivity contribution in [1.82, 2.24) is 15.4 Å². The Kier molecular flexibility index (Phi) is 3.40. The van der Waals surface area contributed by atoms with Gasteiger partial charge in [0.05, 0.1) is 5.56 Å². The quantitative estimate of drug-likeness (QED) is 0.548. The summed E-state index contributed by atoms with van der Waals surface area (Å²) < 4.78 is 0. The number of amides is 1. The van der Waals surface area contributed by atoms with Crippen molar-refractivity contribution >= 4 is 22.5 Å². The van der Waals surface area contributed by atoms with E-state index >= 15 is 0 Å². The number of carbonyl (C=O) groups is 1. The number of rotatable bonds is 3. The molecule has 0 spiro atoms. The minimum absolute atomic E-state index is 0.202. The van der Waals surface area contributed by atoms with E-state index in [0.29, 0.717) is 11.4 Å². The summed E-state index contributed by atoms with van der Waals surface area (Å²) in [7, 11) is 3.51. The number of nitrogens with zero attached hydrogens (tertiary/aromatic N) is 2. The molecular weight excluding hydrogens is 230 g/mol. The first-order valence-corrected chi connectivity index (χ1v) is 5.46. The molecule has 18 heavy (non-hydrogen) atoms. The van der Waals surface area contributed by atoms with Gasteiger partial charge in [0.1, 0.15) is 5.82 Å². The van der Waals surface area contributed by atoms with Crippen LogP contribution in [-0.2, 0) is 0 Å². The molecular formula is C12H15N5O. The molecule has 0 radical (unpaired) electrons. The largest absolute Gasteiger partial charge is 0.308 e. The van der Waals surface area contributed by atoms with E-state index in [1.807, 2.05) is 24.3 Å². The maximum Gasteiger partial charge on any atom is 0.267 e. The smallest absolute Gasteiger partial charge is 0.267 e. The fourth-order valence-electron chi connectivity index (χ4n) is 1.75. The normalized spacial score (nSPS) is 10.7. The van der Waals surface area contributed by atoms with Crippen LogP contribution in [0.3, 0.4) is 0 Å². The Hall–Kier alpha value is -2.18.